The molecule has 0 unspecified atom stereocenters. The van der Waals surface area contributed by atoms with Crippen molar-refractivity contribution in [2.75, 3.05) is 21.3 Å². The zero-order valence-electron chi connectivity index (χ0n) is 20.5. The standard InChI is InChI=1S/C27H30N2O6/c1-17(2)35-24-16-18(12-13-23(24)34-5)25(28-26(30)19-8-6-10-21(14-19)32-3)29-27(31)20-9-7-11-22(15-20)33-4/h6-17,25H,1-5H3,(H,28,30)(H,29,31). The highest BCUT2D eigenvalue weighted by molar-refractivity contribution is 5.97. The van der Waals surface area contributed by atoms with Gasteiger partial charge in [-0.3, -0.25) is 9.59 Å². The fourth-order valence-corrected chi connectivity index (χ4v) is 3.38. The van der Waals surface area contributed by atoms with Gasteiger partial charge in [-0.25, -0.2) is 0 Å². The number of carbonyl (C=O) groups excluding carboxylic acids is 2. The topological polar surface area (TPSA) is 95.1 Å². The fourth-order valence-electron chi connectivity index (χ4n) is 3.38. The molecule has 3 aromatic rings. The number of nitrogens with one attached hydrogen (secondary N) is 2. The Morgan fingerprint density at radius 2 is 1.23 bits per heavy atom. The van der Waals surface area contributed by atoms with E-state index >= 15 is 0 Å². The third-order valence-electron chi connectivity index (χ3n) is 5.10. The Bertz CT molecular complexity index is 1120. The van der Waals surface area contributed by atoms with Crippen molar-refractivity contribution in [3.63, 3.8) is 0 Å². The molecule has 0 fully saturated rings. The van der Waals surface area contributed by atoms with Crippen molar-refractivity contribution in [3.8, 4) is 23.0 Å². The summed E-state index contributed by atoms with van der Waals surface area (Å²) < 4.78 is 21.7. The van der Waals surface area contributed by atoms with E-state index in [1.54, 1.807) is 73.8 Å². The zero-order valence-corrected chi connectivity index (χ0v) is 20.5. The summed E-state index contributed by atoms with van der Waals surface area (Å²) in [5, 5.41) is 5.79. The van der Waals surface area contributed by atoms with Gasteiger partial charge in [0.1, 0.15) is 17.7 Å². The van der Waals surface area contributed by atoms with Crippen LogP contribution in [0.25, 0.3) is 0 Å². The van der Waals surface area contributed by atoms with Gasteiger partial charge in [-0.05, 0) is 67.9 Å². The molecule has 0 bridgehead atoms. The Labute approximate surface area is 205 Å². The highest BCUT2D eigenvalue weighted by Crippen LogP contribution is 2.31. The summed E-state index contributed by atoms with van der Waals surface area (Å²) in [6.45, 7) is 3.80. The predicted octanol–water partition coefficient (Wildman–Crippen LogP) is 4.36. The van der Waals surface area contributed by atoms with Crippen molar-refractivity contribution < 1.29 is 28.5 Å². The Hall–Kier alpha value is -4.20. The van der Waals surface area contributed by atoms with Crippen molar-refractivity contribution in [3.05, 3.63) is 83.4 Å². The highest BCUT2D eigenvalue weighted by Gasteiger charge is 2.21. The third-order valence-corrected chi connectivity index (χ3v) is 5.10. The van der Waals surface area contributed by atoms with Crippen LogP contribution in [-0.2, 0) is 0 Å². The molecule has 0 aliphatic carbocycles. The van der Waals surface area contributed by atoms with Crippen molar-refractivity contribution in [2.45, 2.75) is 26.1 Å². The van der Waals surface area contributed by atoms with E-state index in [0.29, 0.717) is 39.7 Å². The Kier molecular flexibility index (Phi) is 8.56. The summed E-state index contributed by atoms with van der Waals surface area (Å²) in [6, 6.07) is 18.7. The summed E-state index contributed by atoms with van der Waals surface area (Å²) in [6.07, 6.45) is -0.969. The summed E-state index contributed by atoms with van der Waals surface area (Å²) in [5.74, 6) is 1.36. The van der Waals surface area contributed by atoms with Crippen LogP contribution in [0.5, 0.6) is 23.0 Å². The van der Waals surface area contributed by atoms with Gasteiger partial charge in [-0.15, -0.1) is 0 Å². The molecule has 0 saturated heterocycles. The SMILES string of the molecule is COc1cccc(C(=O)NC(NC(=O)c2cccc(OC)c2)c2ccc(OC)c(OC(C)C)c2)c1. The maximum absolute atomic E-state index is 13.1. The number of amides is 2. The number of ether oxygens (including phenoxy) is 4. The molecule has 2 amide bonds. The molecule has 3 rings (SSSR count). The van der Waals surface area contributed by atoms with Crippen LogP contribution >= 0.6 is 0 Å². The molecular weight excluding hydrogens is 448 g/mol. The lowest BCUT2D eigenvalue weighted by Crippen LogP contribution is -2.41. The minimum Gasteiger partial charge on any atom is -0.497 e. The Morgan fingerprint density at radius 1 is 0.686 bits per heavy atom. The molecule has 0 aliphatic rings. The molecule has 0 aromatic heterocycles. The number of benzene rings is 3. The molecule has 0 saturated carbocycles. The summed E-state index contributed by atoms with van der Waals surface area (Å²) in [4.78, 5) is 26.2. The molecule has 8 nitrogen and oxygen atoms in total. The largest absolute Gasteiger partial charge is 0.497 e. The van der Waals surface area contributed by atoms with Crippen LogP contribution in [0, 0.1) is 0 Å². The fraction of sp³-hybridized carbons (Fsp3) is 0.259. The maximum atomic E-state index is 13.1. The quantitative estimate of drug-likeness (QED) is 0.421. The smallest absolute Gasteiger partial charge is 0.253 e. The van der Waals surface area contributed by atoms with Gasteiger partial charge in [0.25, 0.3) is 11.8 Å². The first-order chi connectivity index (χ1) is 16.8. The van der Waals surface area contributed by atoms with Gasteiger partial charge in [0.15, 0.2) is 11.5 Å². The summed E-state index contributed by atoms with van der Waals surface area (Å²) in [7, 11) is 4.61. The van der Waals surface area contributed by atoms with Gasteiger partial charge in [0.05, 0.1) is 27.4 Å². The second kappa shape index (κ2) is 11.8. The van der Waals surface area contributed by atoms with Gasteiger partial charge >= 0.3 is 0 Å². The number of carbonyl (C=O) groups is 2. The van der Waals surface area contributed by atoms with E-state index in [1.807, 2.05) is 13.8 Å². The Morgan fingerprint density at radius 3 is 1.69 bits per heavy atom. The van der Waals surface area contributed by atoms with Crippen molar-refractivity contribution in [1.29, 1.82) is 0 Å². The number of hydrogen-bond acceptors (Lipinski definition) is 6. The molecule has 2 N–H and O–H groups in total. The van der Waals surface area contributed by atoms with E-state index in [2.05, 4.69) is 10.6 Å². The number of methoxy groups -OCH3 is 3. The first-order valence-electron chi connectivity index (χ1n) is 11.1. The minimum atomic E-state index is -0.868. The van der Waals surface area contributed by atoms with Crippen molar-refractivity contribution >= 4 is 11.8 Å². The van der Waals surface area contributed by atoms with Crippen LogP contribution in [0.15, 0.2) is 66.7 Å². The molecule has 184 valence electrons. The van der Waals surface area contributed by atoms with Gasteiger partial charge in [-0.2, -0.15) is 0 Å². The third kappa shape index (κ3) is 6.66. The van der Waals surface area contributed by atoms with E-state index in [-0.39, 0.29) is 17.9 Å². The molecular formula is C27H30N2O6. The van der Waals surface area contributed by atoms with Crippen LogP contribution in [0.3, 0.4) is 0 Å². The van der Waals surface area contributed by atoms with Gasteiger partial charge in [0.2, 0.25) is 0 Å². The molecule has 0 heterocycles. The van der Waals surface area contributed by atoms with Crippen LogP contribution < -0.4 is 29.6 Å². The van der Waals surface area contributed by atoms with Crippen molar-refractivity contribution in [1.82, 2.24) is 10.6 Å². The first-order valence-corrected chi connectivity index (χ1v) is 11.1. The lowest BCUT2D eigenvalue weighted by molar-refractivity contribution is 0.0882. The molecule has 35 heavy (non-hydrogen) atoms. The molecule has 0 aliphatic heterocycles. The van der Waals surface area contributed by atoms with Crippen LogP contribution in [-0.4, -0.2) is 39.2 Å². The monoisotopic (exact) mass is 478 g/mol. The highest BCUT2D eigenvalue weighted by atomic mass is 16.5. The molecule has 0 spiro atoms. The normalized spacial score (nSPS) is 10.6. The van der Waals surface area contributed by atoms with E-state index < -0.39 is 6.17 Å². The van der Waals surface area contributed by atoms with Crippen LogP contribution in [0.4, 0.5) is 0 Å². The number of rotatable bonds is 10. The number of hydrogen-bond donors (Lipinski definition) is 2. The lowest BCUT2D eigenvalue weighted by Gasteiger charge is -2.23. The van der Waals surface area contributed by atoms with E-state index in [1.165, 1.54) is 14.2 Å². The Balaban J connectivity index is 1.96. The first kappa shape index (κ1) is 25.4. The van der Waals surface area contributed by atoms with Crippen LogP contribution in [0.1, 0.15) is 46.3 Å². The second-order valence-corrected chi connectivity index (χ2v) is 7.92. The molecule has 0 radical (unpaired) electrons. The van der Waals surface area contributed by atoms with E-state index in [4.69, 9.17) is 18.9 Å². The maximum Gasteiger partial charge on any atom is 0.253 e. The van der Waals surface area contributed by atoms with Gasteiger partial charge < -0.3 is 29.6 Å². The van der Waals surface area contributed by atoms with Gasteiger partial charge in [0, 0.05) is 11.1 Å². The van der Waals surface area contributed by atoms with E-state index in [9.17, 15) is 9.59 Å². The molecule has 0 atom stereocenters. The predicted molar refractivity (Wildman–Crippen MR) is 132 cm³/mol. The average molecular weight is 479 g/mol. The minimum absolute atomic E-state index is 0.102. The molecule has 3 aromatic carbocycles. The summed E-state index contributed by atoms with van der Waals surface area (Å²) in [5.41, 5.74) is 1.38. The zero-order chi connectivity index (χ0) is 25.4. The van der Waals surface area contributed by atoms with Crippen LogP contribution in [0.2, 0.25) is 0 Å². The van der Waals surface area contributed by atoms with E-state index in [0.717, 1.165) is 0 Å². The second-order valence-electron chi connectivity index (χ2n) is 7.92. The van der Waals surface area contributed by atoms with Gasteiger partial charge in [-0.1, -0.05) is 18.2 Å². The lowest BCUT2D eigenvalue weighted by atomic mass is 10.1. The molecule has 8 heteroatoms. The van der Waals surface area contributed by atoms with Crippen molar-refractivity contribution in [2.24, 2.45) is 0 Å². The summed E-state index contributed by atoms with van der Waals surface area (Å²) >= 11 is 0. The average Bonchev–Trinajstić information content (AvgIpc) is 2.87.